The van der Waals surface area contributed by atoms with Gasteiger partial charge in [-0.25, -0.2) is 13.2 Å². The van der Waals surface area contributed by atoms with E-state index >= 15 is 0 Å². The Bertz CT molecular complexity index is 641. The van der Waals surface area contributed by atoms with Crippen LogP contribution in [0.3, 0.4) is 0 Å². The van der Waals surface area contributed by atoms with E-state index in [0.29, 0.717) is 0 Å². The van der Waals surface area contributed by atoms with Crippen LogP contribution in [-0.2, 0) is 6.42 Å². The highest BCUT2D eigenvalue weighted by Gasteiger charge is 2.20. The molecule has 0 aliphatic carbocycles. The van der Waals surface area contributed by atoms with Crippen molar-refractivity contribution in [2.24, 2.45) is 5.84 Å². The highest BCUT2D eigenvalue weighted by atomic mass is 35.5. The molecule has 112 valence electrons. The van der Waals surface area contributed by atoms with Crippen LogP contribution in [0.5, 0.6) is 0 Å². The molecule has 2 aromatic carbocycles. The lowest BCUT2D eigenvalue weighted by Crippen LogP contribution is -2.30. The molecule has 0 aliphatic rings. The summed E-state index contributed by atoms with van der Waals surface area (Å²) in [7, 11) is 0. The number of rotatable bonds is 4. The Labute approximate surface area is 125 Å². The fourth-order valence-corrected chi connectivity index (χ4v) is 2.38. The van der Waals surface area contributed by atoms with Gasteiger partial charge in [-0.05, 0) is 37.1 Å². The summed E-state index contributed by atoms with van der Waals surface area (Å²) in [5.41, 5.74) is 3.09. The first-order chi connectivity index (χ1) is 9.93. The smallest absolute Gasteiger partial charge is 0.130 e. The molecule has 0 saturated carbocycles. The Balaban J connectivity index is 2.39. The summed E-state index contributed by atoms with van der Waals surface area (Å²) in [4.78, 5) is 0. The van der Waals surface area contributed by atoms with Crippen LogP contribution in [0.1, 0.15) is 22.7 Å². The average molecular weight is 315 g/mol. The van der Waals surface area contributed by atoms with Gasteiger partial charge in [-0.3, -0.25) is 11.3 Å². The Morgan fingerprint density at radius 1 is 1.14 bits per heavy atom. The number of nitrogens with two attached hydrogens (primary N) is 1. The number of benzene rings is 2. The van der Waals surface area contributed by atoms with Crippen molar-refractivity contribution in [2.45, 2.75) is 19.4 Å². The third kappa shape index (κ3) is 3.37. The maximum Gasteiger partial charge on any atom is 0.130 e. The van der Waals surface area contributed by atoms with Crippen molar-refractivity contribution in [1.29, 1.82) is 0 Å². The minimum absolute atomic E-state index is 0.0456. The Morgan fingerprint density at radius 3 is 2.48 bits per heavy atom. The van der Waals surface area contributed by atoms with Crippen LogP contribution in [0.4, 0.5) is 13.2 Å². The largest absolute Gasteiger partial charge is 0.271 e. The van der Waals surface area contributed by atoms with Crippen LogP contribution < -0.4 is 11.3 Å². The third-order valence-electron chi connectivity index (χ3n) is 3.32. The average Bonchev–Trinajstić information content (AvgIpc) is 2.43. The minimum Gasteiger partial charge on any atom is -0.271 e. The number of hydrogen-bond donors (Lipinski definition) is 2. The molecule has 21 heavy (non-hydrogen) atoms. The molecule has 2 nitrogen and oxygen atoms in total. The van der Waals surface area contributed by atoms with Crippen molar-refractivity contribution in [1.82, 2.24) is 5.43 Å². The molecule has 0 bridgehead atoms. The minimum atomic E-state index is -0.742. The first-order valence-corrected chi connectivity index (χ1v) is 6.66. The highest BCUT2D eigenvalue weighted by Crippen LogP contribution is 2.28. The number of hydrogen-bond acceptors (Lipinski definition) is 2. The summed E-state index contributed by atoms with van der Waals surface area (Å²) in [5.74, 6) is 3.55. The standard InChI is InChI=1S/C15H14ClF3N2/c1-8-5-10(14(19)7-13(8)18)15(21-20)6-9-11(16)3-2-4-12(9)17/h2-5,7,15,21H,6,20H2,1H3. The highest BCUT2D eigenvalue weighted by molar-refractivity contribution is 6.31. The van der Waals surface area contributed by atoms with Gasteiger partial charge in [0, 0.05) is 22.2 Å². The summed E-state index contributed by atoms with van der Waals surface area (Å²) in [5, 5.41) is 0.231. The van der Waals surface area contributed by atoms with Crippen molar-refractivity contribution < 1.29 is 13.2 Å². The fraction of sp³-hybridized carbons (Fsp3) is 0.200. The van der Waals surface area contributed by atoms with E-state index in [9.17, 15) is 13.2 Å². The van der Waals surface area contributed by atoms with E-state index in [4.69, 9.17) is 17.4 Å². The molecule has 0 aromatic heterocycles. The summed E-state index contributed by atoms with van der Waals surface area (Å²) in [6, 6.07) is 5.70. The zero-order valence-electron chi connectivity index (χ0n) is 11.3. The van der Waals surface area contributed by atoms with E-state index in [1.165, 1.54) is 25.1 Å². The molecule has 6 heteroatoms. The summed E-state index contributed by atoms with van der Waals surface area (Å²) in [6.45, 7) is 1.52. The first-order valence-electron chi connectivity index (χ1n) is 6.28. The fourth-order valence-electron chi connectivity index (χ4n) is 2.14. The summed E-state index contributed by atoms with van der Waals surface area (Å²) in [6.07, 6.45) is 0.0456. The molecule has 0 amide bonds. The Hall–Kier alpha value is -1.56. The topological polar surface area (TPSA) is 38.0 Å². The zero-order valence-corrected chi connectivity index (χ0v) is 12.0. The summed E-state index contributed by atoms with van der Waals surface area (Å²) < 4.78 is 41.0. The van der Waals surface area contributed by atoms with Crippen LogP contribution >= 0.6 is 11.6 Å². The third-order valence-corrected chi connectivity index (χ3v) is 3.68. The Kier molecular flexibility index (Phi) is 4.88. The predicted octanol–water partition coefficient (Wildman–Crippen LogP) is 3.81. The second-order valence-corrected chi connectivity index (χ2v) is 5.15. The molecule has 1 atom stereocenters. The molecule has 2 aromatic rings. The normalized spacial score (nSPS) is 12.5. The van der Waals surface area contributed by atoms with Crippen LogP contribution in [0.15, 0.2) is 30.3 Å². The van der Waals surface area contributed by atoms with Gasteiger partial charge in [-0.2, -0.15) is 0 Å². The van der Waals surface area contributed by atoms with Gasteiger partial charge in [0.15, 0.2) is 0 Å². The summed E-state index contributed by atoms with van der Waals surface area (Å²) >= 11 is 5.95. The quantitative estimate of drug-likeness (QED) is 0.665. The van der Waals surface area contributed by atoms with Crippen molar-refractivity contribution >= 4 is 11.6 Å². The molecular formula is C15H14ClF3N2. The van der Waals surface area contributed by atoms with E-state index < -0.39 is 23.5 Å². The second kappa shape index (κ2) is 6.47. The van der Waals surface area contributed by atoms with Gasteiger partial charge in [-0.15, -0.1) is 0 Å². The second-order valence-electron chi connectivity index (χ2n) is 4.75. The van der Waals surface area contributed by atoms with E-state index in [0.717, 1.165) is 6.07 Å². The SMILES string of the molecule is Cc1cc(C(Cc2c(F)cccc2Cl)NN)c(F)cc1F. The van der Waals surface area contributed by atoms with Gasteiger partial charge in [-0.1, -0.05) is 17.7 Å². The van der Waals surface area contributed by atoms with Gasteiger partial charge in [0.05, 0.1) is 6.04 Å². The van der Waals surface area contributed by atoms with Crippen molar-refractivity contribution in [3.05, 3.63) is 69.5 Å². The number of aryl methyl sites for hydroxylation is 1. The number of halogens is 4. The lowest BCUT2D eigenvalue weighted by Gasteiger charge is -2.19. The molecule has 0 heterocycles. The van der Waals surface area contributed by atoms with Gasteiger partial charge in [0.1, 0.15) is 17.5 Å². The molecular weight excluding hydrogens is 301 g/mol. The van der Waals surface area contributed by atoms with E-state index in [2.05, 4.69) is 5.43 Å². The van der Waals surface area contributed by atoms with Crippen molar-refractivity contribution in [3.63, 3.8) is 0 Å². The van der Waals surface area contributed by atoms with E-state index in [1.54, 1.807) is 6.07 Å². The molecule has 0 fully saturated rings. The monoisotopic (exact) mass is 314 g/mol. The molecule has 0 spiro atoms. The van der Waals surface area contributed by atoms with Gasteiger partial charge in [0.2, 0.25) is 0 Å². The molecule has 1 unspecified atom stereocenters. The van der Waals surface area contributed by atoms with Crippen molar-refractivity contribution in [3.8, 4) is 0 Å². The zero-order chi connectivity index (χ0) is 15.6. The predicted molar refractivity (Wildman–Crippen MR) is 76.3 cm³/mol. The van der Waals surface area contributed by atoms with Gasteiger partial charge in [0.25, 0.3) is 0 Å². The number of hydrazine groups is 1. The van der Waals surface area contributed by atoms with E-state index in [1.807, 2.05) is 0 Å². The van der Waals surface area contributed by atoms with Gasteiger partial charge < -0.3 is 0 Å². The molecule has 3 N–H and O–H groups in total. The maximum absolute atomic E-state index is 13.9. The van der Waals surface area contributed by atoms with Crippen LogP contribution in [0.25, 0.3) is 0 Å². The Morgan fingerprint density at radius 2 is 1.86 bits per heavy atom. The molecule has 0 radical (unpaired) electrons. The van der Waals surface area contributed by atoms with Crippen LogP contribution in [0, 0.1) is 24.4 Å². The van der Waals surface area contributed by atoms with Gasteiger partial charge >= 0.3 is 0 Å². The maximum atomic E-state index is 13.9. The molecule has 0 saturated heterocycles. The van der Waals surface area contributed by atoms with Crippen LogP contribution in [0.2, 0.25) is 5.02 Å². The number of nitrogens with one attached hydrogen (secondary N) is 1. The lowest BCUT2D eigenvalue weighted by molar-refractivity contribution is 0.491. The van der Waals surface area contributed by atoms with E-state index in [-0.39, 0.29) is 28.1 Å². The van der Waals surface area contributed by atoms with Crippen molar-refractivity contribution in [2.75, 3.05) is 0 Å². The lowest BCUT2D eigenvalue weighted by atomic mass is 9.97. The van der Waals surface area contributed by atoms with Crippen LogP contribution in [-0.4, -0.2) is 0 Å². The molecule has 0 aliphatic heterocycles. The first kappa shape index (κ1) is 15.8. The molecule has 2 rings (SSSR count).